The van der Waals surface area contributed by atoms with E-state index in [9.17, 15) is 9.90 Å². The zero-order valence-electron chi connectivity index (χ0n) is 9.22. The van der Waals surface area contributed by atoms with Crippen LogP contribution in [0.15, 0.2) is 0 Å². The lowest BCUT2D eigenvalue weighted by Crippen LogP contribution is -2.53. The van der Waals surface area contributed by atoms with Crippen LogP contribution < -0.4 is 5.73 Å². The lowest BCUT2D eigenvalue weighted by Gasteiger charge is -2.38. The van der Waals surface area contributed by atoms with E-state index >= 15 is 0 Å². The number of rotatable bonds is 2. The number of fused-ring (bicyclic) bond motifs is 2. The molecule has 0 aromatic carbocycles. The third-order valence-corrected chi connectivity index (χ3v) is 3.72. The zero-order chi connectivity index (χ0) is 11.0. The van der Waals surface area contributed by atoms with Crippen molar-refractivity contribution in [1.82, 2.24) is 4.90 Å². The van der Waals surface area contributed by atoms with Gasteiger partial charge in [0.05, 0.1) is 12.1 Å². The third-order valence-electron chi connectivity index (χ3n) is 3.72. The SMILES string of the molecule is CC[C@@H](N)C(=O)N1C2CCC1CC(O)C2. The Morgan fingerprint density at radius 3 is 2.47 bits per heavy atom. The van der Waals surface area contributed by atoms with Crippen LogP contribution in [0.25, 0.3) is 0 Å². The van der Waals surface area contributed by atoms with Crippen LogP contribution in [0, 0.1) is 0 Å². The second-order valence-electron chi connectivity index (χ2n) is 4.77. The van der Waals surface area contributed by atoms with E-state index in [1.807, 2.05) is 11.8 Å². The van der Waals surface area contributed by atoms with E-state index < -0.39 is 0 Å². The molecule has 3 N–H and O–H groups in total. The molecule has 0 radical (unpaired) electrons. The second kappa shape index (κ2) is 4.10. The fourth-order valence-corrected chi connectivity index (χ4v) is 2.87. The normalized spacial score (nSPS) is 36.7. The fourth-order valence-electron chi connectivity index (χ4n) is 2.87. The Morgan fingerprint density at radius 2 is 2.00 bits per heavy atom. The number of amides is 1. The van der Waals surface area contributed by atoms with Crippen LogP contribution in [0.2, 0.25) is 0 Å². The first-order valence-corrected chi connectivity index (χ1v) is 5.89. The van der Waals surface area contributed by atoms with Crippen molar-refractivity contribution in [3.63, 3.8) is 0 Å². The van der Waals surface area contributed by atoms with Crippen LogP contribution in [-0.2, 0) is 4.79 Å². The largest absolute Gasteiger partial charge is 0.393 e. The van der Waals surface area contributed by atoms with Crippen molar-refractivity contribution in [2.45, 2.75) is 63.3 Å². The number of piperidine rings is 1. The molecular formula is C11H20N2O2. The quantitative estimate of drug-likeness (QED) is 0.689. The summed E-state index contributed by atoms with van der Waals surface area (Å²) in [6, 6.07) is 0.121. The number of nitrogens with zero attached hydrogens (tertiary/aromatic N) is 1. The minimum Gasteiger partial charge on any atom is -0.393 e. The number of nitrogens with two attached hydrogens (primary N) is 1. The van der Waals surface area contributed by atoms with Crippen molar-refractivity contribution < 1.29 is 9.90 Å². The molecule has 2 heterocycles. The van der Waals surface area contributed by atoms with E-state index in [1.165, 1.54) is 0 Å². The minimum atomic E-state index is -0.358. The molecule has 4 heteroatoms. The van der Waals surface area contributed by atoms with Crippen LogP contribution in [-0.4, -0.2) is 40.1 Å². The smallest absolute Gasteiger partial charge is 0.239 e. The van der Waals surface area contributed by atoms with Gasteiger partial charge in [0.25, 0.3) is 0 Å². The number of carbonyl (C=O) groups excluding carboxylic acids is 1. The summed E-state index contributed by atoms with van der Waals surface area (Å²) >= 11 is 0. The molecule has 0 aliphatic carbocycles. The molecule has 2 fully saturated rings. The van der Waals surface area contributed by atoms with Crippen LogP contribution in [0.5, 0.6) is 0 Å². The molecule has 2 unspecified atom stereocenters. The van der Waals surface area contributed by atoms with Gasteiger partial charge < -0.3 is 15.7 Å². The number of hydrogen-bond donors (Lipinski definition) is 2. The second-order valence-corrected chi connectivity index (χ2v) is 4.77. The van der Waals surface area contributed by atoms with Gasteiger partial charge in [0, 0.05) is 12.1 Å². The van der Waals surface area contributed by atoms with Crippen molar-refractivity contribution in [3.05, 3.63) is 0 Å². The number of aliphatic hydroxyl groups excluding tert-OH is 1. The van der Waals surface area contributed by atoms with Crippen LogP contribution >= 0.6 is 0 Å². The van der Waals surface area contributed by atoms with Crippen molar-refractivity contribution in [2.75, 3.05) is 0 Å². The molecular weight excluding hydrogens is 192 g/mol. The van der Waals surface area contributed by atoms with Gasteiger partial charge in [0.1, 0.15) is 0 Å². The molecule has 2 saturated heterocycles. The topological polar surface area (TPSA) is 66.6 Å². The Balaban J connectivity index is 2.08. The van der Waals surface area contributed by atoms with Crippen LogP contribution in [0.4, 0.5) is 0 Å². The summed E-state index contributed by atoms with van der Waals surface area (Å²) < 4.78 is 0. The van der Waals surface area contributed by atoms with Gasteiger partial charge in [-0.1, -0.05) is 6.92 Å². The van der Waals surface area contributed by atoms with Crippen LogP contribution in [0.3, 0.4) is 0 Å². The summed E-state index contributed by atoms with van der Waals surface area (Å²) in [5.41, 5.74) is 5.78. The van der Waals surface area contributed by atoms with Gasteiger partial charge in [0.2, 0.25) is 5.91 Å². The highest BCUT2D eigenvalue weighted by Crippen LogP contribution is 2.36. The summed E-state index contributed by atoms with van der Waals surface area (Å²) in [5.74, 6) is 0.0805. The molecule has 2 rings (SSSR count). The molecule has 2 bridgehead atoms. The number of aliphatic hydroxyl groups is 1. The van der Waals surface area contributed by atoms with Crippen molar-refractivity contribution >= 4 is 5.91 Å². The van der Waals surface area contributed by atoms with Gasteiger partial charge in [0.15, 0.2) is 0 Å². The lowest BCUT2D eigenvalue weighted by atomic mass is 9.98. The highest BCUT2D eigenvalue weighted by molar-refractivity contribution is 5.82. The molecule has 86 valence electrons. The zero-order valence-corrected chi connectivity index (χ0v) is 9.22. The molecule has 0 saturated carbocycles. The number of carbonyl (C=O) groups is 1. The van der Waals surface area contributed by atoms with Gasteiger partial charge in [-0.25, -0.2) is 0 Å². The average molecular weight is 212 g/mol. The highest BCUT2D eigenvalue weighted by atomic mass is 16.3. The fraction of sp³-hybridized carbons (Fsp3) is 0.909. The van der Waals surface area contributed by atoms with E-state index in [2.05, 4.69) is 0 Å². The van der Waals surface area contributed by atoms with E-state index in [1.54, 1.807) is 0 Å². The van der Waals surface area contributed by atoms with Gasteiger partial charge in [-0.2, -0.15) is 0 Å². The standard InChI is InChI=1S/C11H20N2O2/c1-2-10(12)11(15)13-7-3-4-8(13)6-9(14)5-7/h7-10,14H,2-6,12H2,1H3/t7?,8?,9?,10-/m1/s1. The van der Waals surface area contributed by atoms with E-state index in [0.29, 0.717) is 6.42 Å². The predicted octanol–water partition coefficient (Wildman–Crippen LogP) is 0.238. The van der Waals surface area contributed by atoms with E-state index in [0.717, 1.165) is 25.7 Å². The van der Waals surface area contributed by atoms with Gasteiger partial charge >= 0.3 is 0 Å². The summed E-state index contributed by atoms with van der Waals surface area (Å²) in [7, 11) is 0. The Hall–Kier alpha value is -0.610. The monoisotopic (exact) mass is 212 g/mol. The maximum absolute atomic E-state index is 12.0. The van der Waals surface area contributed by atoms with Gasteiger partial charge in [-0.3, -0.25) is 4.79 Å². The number of hydrogen-bond acceptors (Lipinski definition) is 3. The predicted molar refractivity (Wildman–Crippen MR) is 57.2 cm³/mol. The first-order chi connectivity index (χ1) is 7.13. The first kappa shape index (κ1) is 10.9. The molecule has 1 amide bonds. The minimum absolute atomic E-state index is 0.0805. The van der Waals surface area contributed by atoms with E-state index in [4.69, 9.17) is 5.73 Å². The molecule has 0 aromatic rings. The molecule has 0 spiro atoms. The third kappa shape index (κ3) is 1.88. The van der Waals surface area contributed by atoms with Gasteiger partial charge in [-0.15, -0.1) is 0 Å². The van der Waals surface area contributed by atoms with Crippen molar-refractivity contribution in [2.24, 2.45) is 5.73 Å². The molecule has 0 aromatic heterocycles. The van der Waals surface area contributed by atoms with E-state index in [-0.39, 0.29) is 30.1 Å². The molecule has 2 aliphatic rings. The molecule has 15 heavy (non-hydrogen) atoms. The van der Waals surface area contributed by atoms with Gasteiger partial charge in [-0.05, 0) is 32.1 Å². The van der Waals surface area contributed by atoms with Crippen molar-refractivity contribution in [1.29, 1.82) is 0 Å². The Labute approximate surface area is 90.4 Å². The summed E-state index contributed by atoms with van der Waals surface area (Å²) in [6.07, 6.45) is 4.01. The molecule has 3 atom stereocenters. The molecule has 2 aliphatic heterocycles. The summed E-state index contributed by atoms with van der Waals surface area (Å²) in [5, 5.41) is 9.62. The lowest BCUT2D eigenvalue weighted by molar-refractivity contribution is -0.138. The maximum atomic E-state index is 12.0. The first-order valence-electron chi connectivity index (χ1n) is 5.89. The Kier molecular flexibility index (Phi) is 2.98. The molecule has 4 nitrogen and oxygen atoms in total. The maximum Gasteiger partial charge on any atom is 0.239 e. The highest BCUT2D eigenvalue weighted by Gasteiger charge is 2.43. The van der Waals surface area contributed by atoms with Crippen molar-refractivity contribution in [3.8, 4) is 0 Å². The Morgan fingerprint density at radius 1 is 1.47 bits per heavy atom. The summed E-state index contributed by atoms with van der Waals surface area (Å²) in [4.78, 5) is 14.0. The summed E-state index contributed by atoms with van der Waals surface area (Å²) in [6.45, 7) is 1.93. The Bertz CT molecular complexity index is 243. The average Bonchev–Trinajstić information content (AvgIpc) is 2.49. The van der Waals surface area contributed by atoms with Crippen LogP contribution in [0.1, 0.15) is 39.0 Å².